The van der Waals surface area contributed by atoms with Gasteiger partial charge in [-0.25, -0.2) is 0 Å². The van der Waals surface area contributed by atoms with Gasteiger partial charge < -0.3 is 20.9 Å². The van der Waals surface area contributed by atoms with E-state index in [2.05, 4.69) is 10.4 Å². The second kappa shape index (κ2) is 4.31. The number of aryl methyl sites for hydroxylation is 1. The molecular formula is C10H18N4O2. The molecule has 1 fully saturated rings. The zero-order valence-corrected chi connectivity index (χ0v) is 9.44. The van der Waals surface area contributed by atoms with E-state index in [-0.39, 0.29) is 0 Å². The fraction of sp³-hybridized carbons (Fsp3) is 0.700. The van der Waals surface area contributed by atoms with Gasteiger partial charge >= 0.3 is 0 Å². The Hall–Kier alpha value is -1.27. The lowest BCUT2D eigenvalue weighted by Gasteiger charge is -2.32. The van der Waals surface area contributed by atoms with E-state index in [0.717, 1.165) is 0 Å². The molecule has 1 aromatic heterocycles. The van der Waals surface area contributed by atoms with Crippen LogP contribution in [0.2, 0.25) is 0 Å². The van der Waals surface area contributed by atoms with Crippen LogP contribution in [0.5, 0.6) is 0 Å². The Morgan fingerprint density at radius 1 is 1.62 bits per heavy atom. The molecule has 0 radical (unpaired) electrons. The highest BCUT2D eigenvalue weighted by Crippen LogP contribution is 2.22. The summed E-state index contributed by atoms with van der Waals surface area (Å²) in [6, 6.07) is 0. The van der Waals surface area contributed by atoms with Crippen molar-refractivity contribution < 1.29 is 9.84 Å². The van der Waals surface area contributed by atoms with Gasteiger partial charge in [0.05, 0.1) is 11.3 Å². The molecule has 0 amide bonds. The number of nitrogens with one attached hydrogen (secondary N) is 1. The molecule has 4 N–H and O–H groups in total. The maximum Gasteiger partial charge on any atom is 0.171 e. The van der Waals surface area contributed by atoms with Crippen molar-refractivity contribution in [2.24, 2.45) is 7.05 Å². The summed E-state index contributed by atoms with van der Waals surface area (Å²) in [6.45, 7) is 1.67. The summed E-state index contributed by atoms with van der Waals surface area (Å²) in [6.07, 6.45) is 3.02. The molecule has 6 heteroatoms. The molecule has 1 aliphatic heterocycles. The molecule has 0 unspecified atom stereocenters. The molecule has 0 spiro atoms. The summed E-state index contributed by atoms with van der Waals surface area (Å²) in [5.41, 5.74) is 5.64. The van der Waals surface area contributed by atoms with Gasteiger partial charge in [-0.15, -0.1) is 0 Å². The number of nitrogen functional groups attached to an aromatic ring is 1. The van der Waals surface area contributed by atoms with E-state index in [1.165, 1.54) is 0 Å². The van der Waals surface area contributed by atoms with Crippen LogP contribution in [-0.4, -0.2) is 40.2 Å². The van der Waals surface area contributed by atoms with Crippen LogP contribution < -0.4 is 11.1 Å². The van der Waals surface area contributed by atoms with Crippen molar-refractivity contribution in [1.29, 1.82) is 0 Å². The molecule has 1 aliphatic rings. The number of anilines is 2. The molecule has 0 aromatic carbocycles. The Bertz CT molecular complexity index is 358. The van der Waals surface area contributed by atoms with Gasteiger partial charge in [0, 0.05) is 45.8 Å². The number of hydrogen-bond donors (Lipinski definition) is 3. The number of nitrogens with zero attached hydrogens (tertiary/aromatic N) is 2. The first-order valence-corrected chi connectivity index (χ1v) is 5.42. The van der Waals surface area contributed by atoms with Crippen LogP contribution >= 0.6 is 0 Å². The number of aliphatic hydroxyl groups is 1. The topological polar surface area (TPSA) is 85.3 Å². The van der Waals surface area contributed by atoms with Crippen molar-refractivity contribution in [1.82, 2.24) is 9.78 Å². The third kappa shape index (κ3) is 2.45. The summed E-state index contributed by atoms with van der Waals surface area (Å²) in [5, 5.41) is 17.5. The first kappa shape index (κ1) is 11.2. The quantitative estimate of drug-likeness (QED) is 0.673. The Labute approximate surface area is 94.4 Å². The highest BCUT2D eigenvalue weighted by molar-refractivity contribution is 5.59. The van der Waals surface area contributed by atoms with Crippen LogP contribution in [0.4, 0.5) is 11.5 Å². The van der Waals surface area contributed by atoms with Crippen LogP contribution in [0, 0.1) is 0 Å². The van der Waals surface area contributed by atoms with Crippen molar-refractivity contribution in [3.8, 4) is 0 Å². The van der Waals surface area contributed by atoms with Crippen LogP contribution in [0.25, 0.3) is 0 Å². The molecular weight excluding hydrogens is 208 g/mol. The molecule has 2 rings (SSSR count). The van der Waals surface area contributed by atoms with E-state index in [0.29, 0.717) is 44.1 Å². The van der Waals surface area contributed by atoms with Crippen molar-refractivity contribution in [2.75, 3.05) is 30.8 Å². The van der Waals surface area contributed by atoms with E-state index in [1.54, 1.807) is 10.9 Å². The minimum atomic E-state index is -0.706. The molecule has 0 aliphatic carbocycles. The predicted molar refractivity (Wildman–Crippen MR) is 61.1 cm³/mol. The number of rotatable bonds is 3. The number of nitrogens with two attached hydrogens (primary N) is 1. The Kier molecular flexibility index (Phi) is 3.02. The summed E-state index contributed by atoms with van der Waals surface area (Å²) in [5.74, 6) is 0.627. The highest BCUT2D eigenvalue weighted by atomic mass is 16.5. The fourth-order valence-corrected chi connectivity index (χ4v) is 1.82. The molecule has 1 saturated heterocycles. The molecule has 1 aromatic rings. The monoisotopic (exact) mass is 226 g/mol. The minimum absolute atomic E-state index is 0.456. The molecule has 6 nitrogen and oxygen atoms in total. The smallest absolute Gasteiger partial charge is 0.171 e. The third-order valence-electron chi connectivity index (χ3n) is 2.87. The van der Waals surface area contributed by atoms with Crippen LogP contribution in [-0.2, 0) is 11.8 Å². The van der Waals surface area contributed by atoms with Crippen LogP contribution in [0.3, 0.4) is 0 Å². The van der Waals surface area contributed by atoms with Gasteiger partial charge in [-0.1, -0.05) is 0 Å². The van der Waals surface area contributed by atoms with Crippen LogP contribution in [0.1, 0.15) is 12.8 Å². The lowest BCUT2D eigenvalue weighted by molar-refractivity contribution is -0.0543. The van der Waals surface area contributed by atoms with Gasteiger partial charge in [0.1, 0.15) is 0 Å². The summed E-state index contributed by atoms with van der Waals surface area (Å²) >= 11 is 0. The zero-order valence-electron chi connectivity index (χ0n) is 9.44. The third-order valence-corrected chi connectivity index (χ3v) is 2.87. The van der Waals surface area contributed by atoms with E-state index in [9.17, 15) is 5.11 Å². The predicted octanol–water partition coefficient (Wildman–Crippen LogP) is -0.0443. The van der Waals surface area contributed by atoms with Gasteiger partial charge in [0.2, 0.25) is 0 Å². The van der Waals surface area contributed by atoms with Gasteiger partial charge in [-0.2, -0.15) is 5.10 Å². The van der Waals surface area contributed by atoms with Gasteiger partial charge in [0.15, 0.2) is 5.82 Å². The largest absolute Gasteiger partial charge is 0.394 e. The maximum absolute atomic E-state index is 10.2. The number of ether oxygens (including phenoxy) is 1. The molecule has 0 bridgehead atoms. The average Bonchev–Trinajstić information content (AvgIpc) is 2.56. The highest BCUT2D eigenvalue weighted by Gasteiger charge is 2.29. The second-order valence-corrected chi connectivity index (χ2v) is 4.30. The molecule has 0 saturated carbocycles. The van der Waals surface area contributed by atoms with Crippen molar-refractivity contribution in [3.63, 3.8) is 0 Å². The molecule has 2 heterocycles. The van der Waals surface area contributed by atoms with Gasteiger partial charge in [-0.3, -0.25) is 4.68 Å². The molecule has 90 valence electrons. The zero-order chi connectivity index (χ0) is 11.6. The normalized spacial score (nSPS) is 19.6. The first-order valence-electron chi connectivity index (χ1n) is 5.42. The lowest BCUT2D eigenvalue weighted by atomic mass is 9.94. The SMILES string of the molecule is Cn1cc(N)c(NCC2(O)CCOCC2)n1. The second-order valence-electron chi connectivity index (χ2n) is 4.30. The van der Waals surface area contributed by atoms with Crippen molar-refractivity contribution in [3.05, 3.63) is 6.20 Å². The van der Waals surface area contributed by atoms with E-state index in [1.807, 2.05) is 7.05 Å². The van der Waals surface area contributed by atoms with E-state index < -0.39 is 5.60 Å². The molecule has 16 heavy (non-hydrogen) atoms. The standard InChI is InChI=1S/C10H18N4O2/c1-14-6-8(11)9(13-14)12-7-10(15)2-4-16-5-3-10/h6,15H,2-5,7,11H2,1H3,(H,12,13). The Balaban J connectivity index is 1.93. The summed E-state index contributed by atoms with van der Waals surface area (Å²) < 4.78 is 6.86. The van der Waals surface area contributed by atoms with Crippen molar-refractivity contribution >= 4 is 11.5 Å². The van der Waals surface area contributed by atoms with Gasteiger partial charge in [-0.05, 0) is 0 Å². The lowest BCUT2D eigenvalue weighted by Crippen LogP contribution is -2.42. The van der Waals surface area contributed by atoms with E-state index >= 15 is 0 Å². The Morgan fingerprint density at radius 2 is 2.31 bits per heavy atom. The van der Waals surface area contributed by atoms with E-state index in [4.69, 9.17) is 10.5 Å². The van der Waals surface area contributed by atoms with Gasteiger partial charge in [0.25, 0.3) is 0 Å². The minimum Gasteiger partial charge on any atom is -0.394 e. The summed E-state index contributed by atoms with van der Waals surface area (Å²) in [7, 11) is 1.81. The number of aromatic nitrogens is 2. The fourth-order valence-electron chi connectivity index (χ4n) is 1.82. The Morgan fingerprint density at radius 3 is 2.88 bits per heavy atom. The first-order chi connectivity index (χ1) is 7.59. The van der Waals surface area contributed by atoms with Crippen LogP contribution in [0.15, 0.2) is 6.20 Å². The summed E-state index contributed by atoms with van der Waals surface area (Å²) in [4.78, 5) is 0. The maximum atomic E-state index is 10.2. The molecule has 0 atom stereocenters. The van der Waals surface area contributed by atoms with Crippen molar-refractivity contribution in [2.45, 2.75) is 18.4 Å². The average molecular weight is 226 g/mol. The number of hydrogen-bond acceptors (Lipinski definition) is 5.